The number of hydrogen-bond acceptors (Lipinski definition) is 6. The first kappa shape index (κ1) is 17.4. The molecular formula is C14H16BrN3O4S. The van der Waals surface area contributed by atoms with Crippen molar-refractivity contribution in [1.29, 1.82) is 0 Å². The van der Waals surface area contributed by atoms with Crippen LogP contribution in [0.25, 0.3) is 0 Å². The number of nitrogens with two attached hydrogens (primary N) is 1. The van der Waals surface area contributed by atoms with Gasteiger partial charge in [0.15, 0.2) is 0 Å². The fourth-order valence-electron chi connectivity index (χ4n) is 1.96. The maximum absolute atomic E-state index is 12.8. The zero-order valence-electron chi connectivity index (χ0n) is 12.8. The lowest BCUT2D eigenvalue weighted by Crippen LogP contribution is -2.28. The minimum atomic E-state index is -3.90. The van der Waals surface area contributed by atoms with Crippen molar-refractivity contribution in [2.75, 3.05) is 31.3 Å². The third-order valence-corrected chi connectivity index (χ3v) is 5.45. The van der Waals surface area contributed by atoms with Gasteiger partial charge >= 0.3 is 0 Å². The third kappa shape index (κ3) is 3.35. The van der Waals surface area contributed by atoms with Crippen LogP contribution >= 0.6 is 15.9 Å². The minimum absolute atomic E-state index is 0.0764. The second-order valence-electron chi connectivity index (χ2n) is 4.55. The quantitative estimate of drug-likeness (QED) is 0.825. The van der Waals surface area contributed by atoms with E-state index in [9.17, 15) is 8.42 Å². The Hall–Kier alpha value is -2.00. The molecule has 23 heavy (non-hydrogen) atoms. The number of anilines is 2. The lowest BCUT2D eigenvalue weighted by Gasteiger charge is -2.22. The summed E-state index contributed by atoms with van der Waals surface area (Å²) in [5.41, 5.74) is 6.07. The van der Waals surface area contributed by atoms with Crippen LogP contribution in [0.2, 0.25) is 0 Å². The summed E-state index contributed by atoms with van der Waals surface area (Å²) in [6.45, 7) is 0. The molecule has 2 N–H and O–H groups in total. The zero-order valence-corrected chi connectivity index (χ0v) is 15.2. The van der Waals surface area contributed by atoms with E-state index in [0.29, 0.717) is 21.7 Å². The van der Waals surface area contributed by atoms with Crippen LogP contribution in [0.1, 0.15) is 0 Å². The summed E-state index contributed by atoms with van der Waals surface area (Å²) in [6, 6.07) is 6.25. The number of methoxy groups -OCH3 is 2. The molecule has 0 radical (unpaired) electrons. The molecule has 9 heteroatoms. The van der Waals surface area contributed by atoms with Crippen LogP contribution in [0.15, 0.2) is 39.8 Å². The molecule has 0 amide bonds. The van der Waals surface area contributed by atoms with Gasteiger partial charge in [0.2, 0.25) is 0 Å². The van der Waals surface area contributed by atoms with Crippen LogP contribution in [0.3, 0.4) is 0 Å². The number of rotatable bonds is 5. The van der Waals surface area contributed by atoms with Crippen molar-refractivity contribution in [3.8, 4) is 11.5 Å². The van der Waals surface area contributed by atoms with Gasteiger partial charge in [0.05, 0.1) is 19.9 Å². The average molecular weight is 402 g/mol. The molecule has 1 aromatic carbocycles. The number of nitrogen functional groups attached to an aromatic ring is 1. The first-order chi connectivity index (χ1) is 10.8. The molecule has 124 valence electrons. The molecule has 0 saturated heterocycles. The van der Waals surface area contributed by atoms with Gasteiger partial charge in [-0.3, -0.25) is 4.31 Å². The number of nitrogens with zero attached hydrogens (tertiary/aromatic N) is 2. The van der Waals surface area contributed by atoms with E-state index in [0.717, 1.165) is 4.31 Å². The molecule has 0 bridgehead atoms. The van der Waals surface area contributed by atoms with E-state index < -0.39 is 10.0 Å². The maximum Gasteiger partial charge on any atom is 0.267 e. The molecule has 2 aromatic rings. The van der Waals surface area contributed by atoms with E-state index in [-0.39, 0.29) is 10.7 Å². The molecule has 1 aromatic heterocycles. The summed E-state index contributed by atoms with van der Waals surface area (Å²) in [5, 5.41) is 0. The van der Waals surface area contributed by atoms with Crippen LogP contribution < -0.4 is 19.5 Å². The predicted octanol–water partition coefficient (Wildman–Crippen LogP) is 2.27. The highest BCUT2D eigenvalue weighted by molar-refractivity contribution is 9.10. The summed E-state index contributed by atoms with van der Waals surface area (Å²) in [6.07, 6.45) is 1.43. The Balaban J connectivity index is 2.54. The highest BCUT2D eigenvalue weighted by Crippen LogP contribution is 2.35. The Morgan fingerprint density at radius 3 is 2.52 bits per heavy atom. The Labute approximate surface area is 143 Å². The van der Waals surface area contributed by atoms with Gasteiger partial charge in [-0.15, -0.1) is 0 Å². The predicted molar refractivity (Wildman–Crippen MR) is 91.5 cm³/mol. The van der Waals surface area contributed by atoms with E-state index in [2.05, 4.69) is 20.9 Å². The Morgan fingerprint density at radius 1 is 1.22 bits per heavy atom. The summed E-state index contributed by atoms with van der Waals surface area (Å²) >= 11 is 3.20. The van der Waals surface area contributed by atoms with Gasteiger partial charge in [-0.25, -0.2) is 13.4 Å². The van der Waals surface area contributed by atoms with E-state index in [1.165, 1.54) is 33.5 Å². The monoisotopic (exact) mass is 401 g/mol. The van der Waals surface area contributed by atoms with Gasteiger partial charge in [-0.05, 0) is 34.1 Å². The molecule has 0 saturated carbocycles. The Kier molecular flexibility index (Phi) is 5.00. The number of hydrogen-bond donors (Lipinski definition) is 1. The molecule has 0 unspecified atom stereocenters. The summed E-state index contributed by atoms with van der Waals surface area (Å²) in [4.78, 5) is 3.77. The van der Waals surface area contributed by atoms with Crippen molar-refractivity contribution in [2.24, 2.45) is 0 Å². The van der Waals surface area contributed by atoms with Crippen molar-refractivity contribution in [3.63, 3.8) is 0 Å². The van der Waals surface area contributed by atoms with Gasteiger partial charge in [0, 0.05) is 23.8 Å². The van der Waals surface area contributed by atoms with Gasteiger partial charge in [0.1, 0.15) is 22.2 Å². The number of benzene rings is 1. The molecular weight excluding hydrogens is 386 g/mol. The highest BCUT2D eigenvalue weighted by Gasteiger charge is 2.27. The van der Waals surface area contributed by atoms with Crippen LogP contribution in [-0.2, 0) is 10.0 Å². The normalized spacial score (nSPS) is 11.1. The summed E-state index contributed by atoms with van der Waals surface area (Å²) < 4.78 is 37.6. The topological polar surface area (TPSA) is 94.8 Å². The van der Waals surface area contributed by atoms with Crippen molar-refractivity contribution in [2.45, 2.75) is 4.90 Å². The summed E-state index contributed by atoms with van der Waals surface area (Å²) in [7, 11) is 0.483. The highest BCUT2D eigenvalue weighted by atomic mass is 79.9. The summed E-state index contributed by atoms with van der Waals surface area (Å²) in [5.74, 6) is 0.838. The Morgan fingerprint density at radius 2 is 1.91 bits per heavy atom. The molecule has 0 fully saturated rings. The fourth-order valence-corrected chi connectivity index (χ4v) is 3.74. The lowest BCUT2D eigenvalue weighted by molar-refractivity contribution is 0.395. The van der Waals surface area contributed by atoms with Gasteiger partial charge < -0.3 is 15.2 Å². The maximum atomic E-state index is 12.8. The van der Waals surface area contributed by atoms with E-state index >= 15 is 0 Å². The smallest absolute Gasteiger partial charge is 0.267 e. The minimum Gasteiger partial charge on any atom is -0.497 e. The van der Waals surface area contributed by atoms with Crippen LogP contribution in [0, 0.1) is 0 Å². The third-order valence-electron chi connectivity index (χ3n) is 3.21. The molecule has 2 rings (SSSR count). The fraction of sp³-hybridized carbons (Fsp3) is 0.214. The zero-order chi connectivity index (χ0) is 17.2. The molecule has 1 heterocycles. The van der Waals surface area contributed by atoms with Crippen molar-refractivity contribution < 1.29 is 17.9 Å². The number of ether oxygens (including phenoxy) is 2. The largest absolute Gasteiger partial charge is 0.497 e. The lowest BCUT2D eigenvalue weighted by atomic mass is 10.3. The number of halogens is 1. The van der Waals surface area contributed by atoms with Gasteiger partial charge in [0.25, 0.3) is 10.0 Å². The first-order valence-corrected chi connectivity index (χ1v) is 8.66. The van der Waals surface area contributed by atoms with Crippen LogP contribution in [-0.4, -0.2) is 34.7 Å². The first-order valence-electron chi connectivity index (χ1n) is 6.43. The molecule has 7 nitrogen and oxygen atoms in total. The van der Waals surface area contributed by atoms with Gasteiger partial charge in [-0.2, -0.15) is 0 Å². The van der Waals surface area contributed by atoms with Crippen molar-refractivity contribution >= 4 is 37.5 Å². The number of sulfonamides is 1. The second-order valence-corrected chi connectivity index (χ2v) is 7.40. The molecule has 0 aliphatic carbocycles. The number of aromatic nitrogens is 1. The SMILES string of the molecule is COc1ccc(N(C)S(=O)(=O)c2cc(Br)cnc2N)c(OC)c1. The van der Waals surface area contributed by atoms with E-state index in [4.69, 9.17) is 15.2 Å². The molecule has 0 aliphatic heterocycles. The molecule has 0 spiro atoms. The van der Waals surface area contributed by atoms with E-state index in [1.807, 2.05) is 0 Å². The number of pyridine rings is 1. The van der Waals surface area contributed by atoms with Crippen molar-refractivity contribution in [3.05, 3.63) is 34.9 Å². The van der Waals surface area contributed by atoms with E-state index in [1.54, 1.807) is 18.2 Å². The second kappa shape index (κ2) is 6.63. The van der Waals surface area contributed by atoms with Crippen molar-refractivity contribution in [1.82, 2.24) is 4.98 Å². The van der Waals surface area contributed by atoms with Crippen LogP contribution in [0.4, 0.5) is 11.5 Å². The average Bonchev–Trinajstić information content (AvgIpc) is 2.55. The molecule has 0 atom stereocenters. The van der Waals surface area contributed by atoms with Crippen LogP contribution in [0.5, 0.6) is 11.5 Å². The standard InChI is InChI=1S/C14H16BrN3O4S/c1-18(11-5-4-10(21-2)7-12(11)22-3)23(19,20)13-6-9(15)8-17-14(13)16/h4-8H,1-3H3,(H2,16,17). The molecule has 0 aliphatic rings. The van der Waals surface area contributed by atoms with Gasteiger partial charge in [-0.1, -0.05) is 0 Å². The Bertz CT molecular complexity index is 827.